The van der Waals surface area contributed by atoms with Crippen LogP contribution >= 0.6 is 0 Å². The molecule has 21 heavy (non-hydrogen) atoms. The maximum absolute atomic E-state index is 12.0. The Morgan fingerprint density at radius 2 is 1.86 bits per heavy atom. The van der Waals surface area contributed by atoms with Gasteiger partial charge in [-0.05, 0) is 49.9 Å². The zero-order chi connectivity index (χ0) is 15.2. The van der Waals surface area contributed by atoms with E-state index in [-0.39, 0.29) is 17.7 Å². The summed E-state index contributed by atoms with van der Waals surface area (Å²) >= 11 is 0. The van der Waals surface area contributed by atoms with Crippen molar-refractivity contribution in [2.45, 2.75) is 46.0 Å². The standard InChI is InChI=1S/C17H24N2O2/c1-3-13(4-2)17(21)18-14-8-10-15(11-9-14)19-12-6-5-7-16(19)20/h8-11,13H,3-7,12H2,1-2H3,(H,18,21). The van der Waals surface area contributed by atoms with Crippen LogP contribution in [0.2, 0.25) is 0 Å². The van der Waals surface area contributed by atoms with Crippen LogP contribution in [0, 0.1) is 5.92 Å². The Hall–Kier alpha value is -1.84. The molecule has 0 atom stereocenters. The van der Waals surface area contributed by atoms with Gasteiger partial charge >= 0.3 is 0 Å². The SMILES string of the molecule is CCC(CC)C(=O)Nc1ccc(N2CCCCC2=O)cc1. The van der Waals surface area contributed by atoms with Gasteiger partial charge in [-0.15, -0.1) is 0 Å². The van der Waals surface area contributed by atoms with E-state index in [0.717, 1.165) is 43.6 Å². The molecule has 1 aliphatic heterocycles. The summed E-state index contributed by atoms with van der Waals surface area (Å²) < 4.78 is 0. The molecule has 0 bridgehead atoms. The van der Waals surface area contributed by atoms with E-state index in [2.05, 4.69) is 5.32 Å². The molecule has 0 aromatic heterocycles. The predicted octanol–water partition coefficient (Wildman–Crippen LogP) is 3.58. The Morgan fingerprint density at radius 1 is 1.19 bits per heavy atom. The Morgan fingerprint density at radius 3 is 2.43 bits per heavy atom. The van der Waals surface area contributed by atoms with Gasteiger partial charge in [-0.25, -0.2) is 0 Å². The smallest absolute Gasteiger partial charge is 0.227 e. The van der Waals surface area contributed by atoms with Gasteiger partial charge in [0.2, 0.25) is 11.8 Å². The van der Waals surface area contributed by atoms with Gasteiger partial charge in [0.15, 0.2) is 0 Å². The molecule has 4 heteroatoms. The molecule has 1 fully saturated rings. The molecule has 0 unspecified atom stereocenters. The van der Waals surface area contributed by atoms with Gasteiger partial charge in [0, 0.05) is 30.3 Å². The lowest BCUT2D eigenvalue weighted by Crippen LogP contribution is -2.35. The number of benzene rings is 1. The molecule has 2 amide bonds. The van der Waals surface area contributed by atoms with Gasteiger partial charge in [0.25, 0.3) is 0 Å². The van der Waals surface area contributed by atoms with E-state index in [1.807, 2.05) is 43.0 Å². The monoisotopic (exact) mass is 288 g/mol. The summed E-state index contributed by atoms with van der Waals surface area (Å²) in [4.78, 5) is 25.7. The van der Waals surface area contributed by atoms with E-state index < -0.39 is 0 Å². The molecule has 0 radical (unpaired) electrons. The fraction of sp³-hybridized carbons (Fsp3) is 0.529. The number of amides is 2. The fourth-order valence-electron chi connectivity index (χ4n) is 2.71. The van der Waals surface area contributed by atoms with Crippen molar-refractivity contribution in [1.29, 1.82) is 0 Å². The second kappa shape index (κ2) is 7.25. The summed E-state index contributed by atoms with van der Waals surface area (Å²) in [5.74, 6) is 0.324. The normalized spacial score (nSPS) is 15.4. The van der Waals surface area contributed by atoms with Crippen molar-refractivity contribution in [2.24, 2.45) is 5.92 Å². The Kier molecular flexibility index (Phi) is 5.37. The number of hydrogen-bond donors (Lipinski definition) is 1. The van der Waals surface area contributed by atoms with Crippen LogP contribution in [0.1, 0.15) is 46.0 Å². The van der Waals surface area contributed by atoms with Crippen LogP contribution in [-0.4, -0.2) is 18.4 Å². The molecule has 0 aliphatic carbocycles. The average Bonchev–Trinajstić information content (AvgIpc) is 2.50. The first-order chi connectivity index (χ1) is 10.2. The molecule has 4 nitrogen and oxygen atoms in total. The van der Waals surface area contributed by atoms with Crippen molar-refractivity contribution >= 4 is 23.2 Å². The van der Waals surface area contributed by atoms with Crippen LogP contribution in [0.3, 0.4) is 0 Å². The Labute approximate surface area is 126 Å². The van der Waals surface area contributed by atoms with Gasteiger partial charge in [-0.2, -0.15) is 0 Å². The molecule has 1 aromatic rings. The van der Waals surface area contributed by atoms with Crippen LogP contribution in [0.25, 0.3) is 0 Å². The number of carbonyl (C=O) groups excluding carboxylic acids is 2. The minimum atomic E-state index is 0.0633. The Balaban J connectivity index is 2.01. The van der Waals surface area contributed by atoms with Crippen molar-refractivity contribution < 1.29 is 9.59 Å². The lowest BCUT2D eigenvalue weighted by atomic mass is 10.0. The molecule has 1 saturated heterocycles. The molecular formula is C17H24N2O2. The molecule has 2 rings (SSSR count). The summed E-state index contributed by atoms with van der Waals surface area (Å²) in [5, 5.41) is 2.94. The van der Waals surface area contributed by atoms with Crippen molar-refractivity contribution in [3.05, 3.63) is 24.3 Å². The van der Waals surface area contributed by atoms with Gasteiger partial charge in [0.05, 0.1) is 0 Å². The van der Waals surface area contributed by atoms with Gasteiger partial charge in [-0.3, -0.25) is 9.59 Å². The summed E-state index contributed by atoms with van der Waals surface area (Å²) in [7, 11) is 0. The number of nitrogens with zero attached hydrogens (tertiary/aromatic N) is 1. The van der Waals surface area contributed by atoms with Crippen LogP contribution in [-0.2, 0) is 9.59 Å². The highest BCUT2D eigenvalue weighted by Gasteiger charge is 2.19. The summed E-state index contributed by atoms with van der Waals surface area (Å²) in [6.07, 6.45) is 4.37. The minimum absolute atomic E-state index is 0.0633. The molecule has 0 spiro atoms. The summed E-state index contributed by atoms with van der Waals surface area (Å²) in [6.45, 7) is 4.84. The largest absolute Gasteiger partial charge is 0.326 e. The lowest BCUT2D eigenvalue weighted by molar-refractivity contribution is -0.120. The van der Waals surface area contributed by atoms with E-state index in [1.54, 1.807) is 0 Å². The molecule has 1 aromatic carbocycles. The number of carbonyl (C=O) groups is 2. The van der Waals surface area contributed by atoms with E-state index >= 15 is 0 Å². The van der Waals surface area contributed by atoms with Crippen LogP contribution < -0.4 is 10.2 Å². The third kappa shape index (κ3) is 3.84. The van der Waals surface area contributed by atoms with Crippen molar-refractivity contribution in [1.82, 2.24) is 0 Å². The van der Waals surface area contributed by atoms with Crippen molar-refractivity contribution in [3.8, 4) is 0 Å². The van der Waals surface area contributed by atoms with E-state index in [4.69, 9.17) is 0 Å². The molecular weight excluding hydrogens is 264 g/mol. The van der Waals surface area contributed by atoms with E-state index in [1.165, 1.54) is 0 Å². The molecule has 0 saturated carbocycles. The number of anilines is 2. The molecule has 1 N–H and O–H groups in total. The number of piperidine rings is 1. The number of nitrogens with one attached hydrogen (secondary N) is 1. The van der Waals surface area contributed by atoms with Gasteiger partial charge in [-0.1, -0.05) is 13.8 Å². The molecule has 114 valence electrons. The second-order valence-electron chi connectivity index (χ2n) is 5.55. The maximum atomic E-state index is 12.0. The Bertz CT molecular complexity index is 492. The fourth-order valence-corrected chi connectivity index (χ4v) is 2.71. The van der Waals surface area contributed by atoms with Crippen LogP contribution in [0.15, 0.2) is 24.3 Å². The number of rotatable bonds is 5. The zero-order valence-corrected chi connectivity index (χ0v) is 12.9. The third-order valence-corrected chi connectivity index (χ3v) is 4.13. The van der Waals surface area contributed by atoms with Gasteiger partial charge < -0.3 is 10.2 Å². The van der Waals surface area contributed by atoms with E-state index in [9.17, 15) is 9.59 Å². The van der Waals surface area contributed by atoms with Crippen molar-refractivity contribution in [2.75, 3.05) is 16.8 Å². The predicted molar refractivity (Wildman–Crippen MR) is 85.3 cm³/mol. The van der Waals surface area contributed by atoms with Gasteiger partial charge in [0.1, 0.15) is 0 Å². The first-order valence-electron chi connectivity index (χ1n) is 7.87. The average molecular weight is 288 g/mol. The summed E-state index contributed by atoms with van der Waals surface area (Å²) in [5.41, 5.74) is 1.71. The highest BCUT2D eigenvalue weighted by atomic mass is 16.2. The van der Waals surface area contributed by atoms with Crippen LogP contribution in [0.4, 0.5) is 11.4 Å². The molecule has 1 heterocycles. The first-order valence-corrected chi connectivity index (χ1v) is 7.87. The van der Waals surface area contributed by atoms with Crippen molar-refractivity contribution in [3.63, 3.8) is 0 Å². The number of hydrogen-bond acceptors (Lipinski definition) is 2. The quantitative estimate of drug-likeness (QED) is 0.900. The summed E-state index contributed by atoms with van der Waals surface area (Å²) in [6, 6.07) is 7.56. The third-order valence-electron chi connectivity index (χ3n) is 4.13. The second-order valence-corrected chi connectivity index (χ2v) is 5.55. The topological polar surface area (TPSA) is 49.4 Å². The lowest BCUT2D eigenvalue weighted by Gasteiger charge is -2.27. The highest BCUT2D eigenvalue weighted by molar-refractivity contribution is 5.95. The minimum Gasteiger partial charge on any atom is -0.326 e. The first kappa shape index (κ1) is 15.5. The zero-order valence-electron chi connectivity index (χ0n) is 12.9. The van der Waals surface area contributed by atoms with Crippen LogP contribution in [0.5, 0.6) is 0 Å². The maximum Gasteiger partial charge on any atom is 0.227 e. The molecule has 1 aliphatic rings. The van der Waals surface area contributed by atoms with E-state index in [0.29, 0.717) is 6.42 Å². The highest BCUT2D eigenvalue weighted by Crippen LogP contribution is 2.23.